The molecular weight excluding hydrogens is 262 g/mol. The standard InChI is InChI=1S/C13H15N3O2S/c1-4-8-5-9(18-16-8)11-14-12(17)10-6(2)7(3)19-13(10)15-11/h9H,4-5H2,1-3H3,(H,14,15,17)/t9-/m1/s1. The summed E-state index contributed by atoms with van der Waals surface area (Å²) in [5.74, 6) is 0.575. The molecule has 6 heteroatoms. The van der Waals surface area contributed by atoms with Gasteiger partial charge in [0, 0.05) is 11.3 Å². The van der Waals surface area contributed by atoms with E-state index in [2.05, 4.69) is 15.1 Å². The molecule has 0 saturated carbocycles. The molecule has 2 aromatic rings. The van der Waals surface area contributed by atoms with Crippen LogP contribution in [0.25, 0.3) is 10.2 Å². The maximum absolute atomic E-state index is 12.2. The molecule has 0 aliphatic carbocycles. The number of fused-ring (bicyclic) bond motifs is 1. The summed E-state index contributed by atoms with van der Waals surface area (Å²) >= 11 is 1.55. The van der Waals surface area contributed by atoms with Gasteiger partial charge in [-0.05, 0) is 25.8 Å². The summed E-state index contributed by atoms with van der Waals surface area (Å²) in [7, 11) is 0. The molecule has 0 unspecified atom stereocenters. The summed E-state index contributed by atoms with van der Waals surface area (Å²) < 4.78 is 0. The molecule has 2 aromatic heterocycles. The molecule has 100 valence electrons. The van der Waals surface area contributed by atoms with Gasteiger partial charge in [-0.2, -0.15) is 0 Å². The van der Waals surface area contributed by atoms with Crippen LogP contribution in [0.15, 0.2) is 9.95 Å². The summed E-state index contributed by atoms with van der Waals surface area (Å²) in [6, 6.07) is 0. The van der Waals surface area contributed by atoms with E-state index in [0.717, 1.165) is 27.4 Å². The Kier molecular flexibility index (Phi) is 2.89. The first-order valence-electron chi connectivity index (χ1n) is 6.31. The van der Waals surface area contributed by atoms with Crippen molar-refractivity contribution in [1.82, 2.24) is 9.97 Å². The van der Waals surface area contributed by atoms with Crippen molar-refractivity contribution in [2.45, 2.75) is 39.7 Å². The van der Waals surface area contributed by atoms with Crippen molar-refractivity contribution >= 4 is 27.3 Å². The van der Waals surface area contributed by atoms with Crippen molar-refractivity contribution in [2.75, 3.05) is 0 Å². The number of rotatable bonds is 2. The van der Waals surface area contributed by atoms with E-state index in [4.69, 9.17) is 4.84 Å². The molecule has 0 amide bonds. The highest BCUT2D eigenvalue weighted by atomic mass is 32.1. The number of hydrogen-bond donors (Lipinski definition) is 1. The molecule has 0 bridgehead atoms. The lowest BCUT2D eigenvalue weighted by molar-refractivity contribution is 0.0792. The van der Waals surface area contributed by atoms with Gasteiger partial charge in [0.1, 0.15) is 4.83 Å². The van der Waals surface area contributed by atoms with Crippen LogP contribution in [0.2, 0.25) is 0 Å². The number of nitrogens with zero attached hydrogens (tertiary/aromatic N) is 2. The second-order valence-corrected chi connectivity index (χ2v) is 5.93. The fourth-order valence-electron chi connectivity index (χ4n) is 2.21. The Bertz CT molecular complexity index is 729. The van der Waals surface area contributed by atoms with Crippen LogP contribution >= 0.6 is 11.3 Å². The van der Waals surface area contributed by atoms with Gasteiger partial charge in [0.15, 0.2) is 11.9 Å². The van der Waals surface area contributed by atoms with E-state index >= 15 is 0 Å². The zero-order chi connectivity index (χ0) is 13.6. The van der Waals surface area contributed by atoms with Crippen LogP contribution in [0.4, 0.5) is 0 Å². The van der Waals surface area contributed by atoms with E-state index in [1.807, 2.05) is 20.8 Å². The molecule has 0 saturated heterocycles. The van der Waals surface area contributed by atoms with Gasteiger partial charge in [0.25, 0.3) is 5.56 Å². The van der Waals surface area contributed by atoms with Gasteiger partial charge in [-0.1, -0.05) is 12.1 Å². The van der Waals surface area contributed by atoms with Crippen molar-refractivity contribution in [3.63, 3.8) is 0 Å². The molecule has 0 aromatic carbocycles. The lowest BCUT2D eigenvalue weighted by Crippen LogP contribution is -2.14. The van der Waals surface area contributed by atoms with Gasteiger partial charge in [-0.3, -0.25) is 4.79 Å². The molecule has 0 radical (unpaired) electrons. The summed E-state index contributed by atoms with van der Waals surface area (Å²) in [5, 5.41) is 4.70. The minimum atomic E-state index is -0.255. The number of aryl methyl sites for hydroxylation is 2. The fourth-order valence-corrected chi connectivity index (χ4v) is 3.24. The minimum absolute atomic E-state index is 0.0876. The molecular formula is C13H15N3O2S. The van der Waals surface area contributed by atoms with E-state index < -0.39 is 0 Å². The largest absolute Gasteiger partial charge is 0.384 e. The van der Waals surface area contributed by atoms with Crippen LogP contribution in [0.5, 0.6) is 0 Å². The Morgan fingerprint density at radius 2 is 2.26 bits per heavy atom. The van der Waals surface area contributed by atoms with Crippen LogP contribution < -0.4 is 5.56 Å². The van der Waals surface area contributed by atoms with Crippen LogP contribution in [-0.4, -0.2) is 15.7 Å². The Morgan fingerprint density at radius 3 is 2.95 bits per heavy atom. The highest BCUT2D eigenvalue weighted by molar-refractivity contribution is 7.18. The highest BCUT2D eigenvalue weighted by Crippen LogP contribution is 2.29. The fraction of sp³-hybridized carbons (Fsp3) is 0.462. The number of nitrogens with one attached hydrogen (secondary N) is 1. The number of aromatic amines is 1. The first-order chi connectivity index (χ1) is 9.10. The molecule has 1 N–H and O–H groups in total. The van der Waals surface area contributed by atoms with Gasteiger partial charge < -0.3 is 9.82 Å². The molecule has 0 spiro atoms. The Balaban J connectivity index is 2.05. The maximum atomic E-state index is 12.2. The molecule has 1 atom stereocenters. The second-order valence-electron chi connectivity index (χ2n) is 4.72. The summed E-state index contributed by atoms with van der Waals surface area (Å²) in [5.41, 5.74) is 1.93. The van der Waals surface area contributed by atoms with Crippen LogP contribution in [0, 0.1) is 13.8 Å². The van der Waals surface area contributed by atoms with Gasteiger partial charge in [-0.15, -0.1) is 11.3 Å². The molecule has 3 heterocycles. The lowest BCUT2D eigenvalue weighted by atomic mass is 10.1. The molecule has 3 rings (SSSR count). The van der Waals surface area contributed by atoms with E-state index in [1.165, 1.54) is 0 Å². The smallest absolute Gasteiger partial charge is 0.260 e. The van der Waals surface area contributed by atoms with Gasteiger partial charge in [0.05, 0.1) is 11.1 Å². The van der Waals surface area contributed by atoms with Crippen LogP contribution in [0.3, 0.4) is 0 Å². The quantitative estimate of drug-likeness (QED) is 0.917. The number of hydrogen-bond acceptors (Lipinski definition) is 5. The first-order valence-corrected chi connectivity index (χ1v) is 7.13. The van der Waals surface area contributed by atoms with Crippen molar-refractivity contribution in [2.24, 2.45) is 5.16 Å². The predicted molar refractivity (Wildman–Crippen MR) is 75.9 cm³/mol. The van der Waals surface area contributed by atoms with E-state index in [0.29, 0.717) is 17.6 Å². The Labute approximate surface area is 114 Å². The van der Waals surface area contributed by atoms with Gasteiger partial charge >= 0.3 is 0 Å². The molecule has 1 aliphatic rings. The maximum Gasteiger partial charge on any atom is 0.260 e. The average Bonchev–Trinajstić information content (AvgIpc) is 2.95. The van der Waals surface area contributed by atoms with E-state index in [1.54, 1.807) is 11.3 Å². The van der Waals surface area contributed by atoms with Crippen LogP contribution in [-0.2, 0) is 4.84 Å². The predicted octanol–water partition coefficient (Wildman–Crippen LogP) is 2.83. The van der Waals surface area contributed by atoms with Crippen molar-refractivity contribution in [3.8, 4) is 0 Å². The molecule has 0 fully saturated rings. The zero-order valence-electron chi connectivity index (χ0n) is 11.1. The number of thiophene rings is 1. The topological polar surface area (TPSA) is 67.3 Å². The van der Waals surface area contributed by atoms with Crippen molar-refractivity contribution in [3.05, 3.63) is 26.6 Å². The number of aromatic nitrogens is 2. The normalized spacial score (nSPS) is 18.7. The first kappa shape index (κ1) is 12.3. The van der Waals surface area contributed by atoms with E-state index in [9.17, 15) is 4.79 Å². The summed E-state index contributed by atoms with van der Waals surface area (Å²) in [6.45, 7) is 6.00. The lowest BCUT2D eigenvalue weighted by Gasteiger charge is -2.06. The van der Waals surface area contributed by atoms with Crippen LogP contribution in [0.1, 0.15) is 42.1 Å². The summed E-state index contributed by atoms with van der Waals surface area (Å²) in [6.07, 6.45) is 1.31. The second kappa shape index (κ2) is 4.45. The van der Waals surface area contributed by atoms with E-state index in [-0.39, 0.29) is 11.7 Å². The third kappa shape index (κ3) is 1.96. The Morgan fingerprint density at radius 1 is 1.47 bits per heavy atom. The summed E-state index contributed by atoms with van der Waals surface area (Å²) in [4.78, 5) is 26.8. The molecule has 19 heavy (non-hydrogen) atoms. The molecule has 1 aliphatic heterocycles. The zero-order valence-corrected chi connectivity index (χ0v) is 11.9. The molecule has 5 nitrogen and oxygen atoms in total. The average molecular weight is 277 g/mol. The third-order valence-electron chi connectivity index (χ3n) is 3.50. The third-order valence-corrected chi connectivity index (χ3v) is 4.60. The number of H-pyrrole nitrogens is 1. The van der Waals surface area contributed by atoms with Gasteiger partial charge in [-0.25, -0.2) is 4.98 Å². The monoisotopic (exact) mass is 277 g/mol. The minimum Gasteiger partial charge on any atom is -0.384 e. The SMILES string of the molecule is CCC1=NO[C@@H](c2nc3sc(C)c(C)c3c(=O)[nH]2)C1. The van der Waals surface area contributed by atoms with Gasteiger partial charge in [0.2, 0.25) is 0 Å². The van der Waals surface area contributed by atoms with Crippen molar-refractivity contribution in [1.29, 1.82) is 0 Å². The Hall–Kier alpha value is -1.69. The van der Waals surface area contributed by atoms with Crippen molar-refractivity contribution < 1.29 is 4.84 Å². The highest BCUT2D eigenvalue weighted by Gasteiger charge is 2.25. The number of oxime groups is 1.